The Morgan fingerprint density at radius 2 is 1.17 bits per heavy atom. The Morgan fingerprint density at radius 3 is 1.74 bits per heavy atom. The summed E-state index contributed by atoms with van der Waals surface area (Å²) in [6.07, 6.45) is -15.6. The van der Waals surface area contributed by atoms with Crippen LogP contribution in [0, 0.1) is 0 Å². The summed E-state index contributed by atoms with van der Waals surface area (Å²) in [7, 11) is 0. The van der Waals surface area contributed by atoms with Crippen molar-refractivity contribution >= 4 is 0 Å². The molecule has 8 N–H and O–H groups in total. The second-order valence-corrected chi connectivity index (χ2v) is 5.53. The average molecular weight is 342 g/mol. The fourth-order valence-corrected chi connectivity index (χ4v) is 2.55. The van der Waals surface area contributed by atoms with E-state index < -0.39 is 74.6 Å². The molecule has 10 atom stereocenters. The quantitative estimate of drug-likeness (QED) is 0.243. The predicted molar refractivity (Wildman–Crippen MR) is 68.6 cm³/mol. The predicted octanol–water partition coefficient (Wildman–Crippen LogP) is -5.40. The summed E-state index contributed by atoms with van der Waals surface area (Å²) in [6, 6.07) is 0. The third-order valence-electron chi connectivity index (χ3n) is 3.98. The first kappa shape index (κ1) is 18.9. The molecule has 2 aliphatic rings. The molecule has 0 spiro atoms. The Kier molecular flexibility index (Phi) is 6.27. The van der Waals surface area contributed by atoms with Gasteiger partial charge in [-0.2, -0.15) is 0 Å². The lowest BCUT2D eigenvalue weighted by Crippen LogP contribution is -2.64. The van der Waals surface area contributed by atoms with Crippen LogP contribution in [-0.4, -0.2) is 115 Å². The molecule has 0 aliphatic carbocycles. The van der Waals surface area contributed by atoms with Crippen LogP contribution >= 0.6 is 0 Å². The van der Waals surface area contributed by atoms with E-state index in [0.717, 1.165) is 0 Å². The topological polar surface area (TPSA) is 190 Å². The van der Waals surface area contributed by atoms with Crippen molar-refractivity contribution in [2.45, 2.75) is 61.4 Å². The van der Waals surface area contributed by atoms with Gasteiger partial charge in [0, 0.05) is 0 Å². The molecule has 0 unspecified atom stereocenters. The molecule has 0 amide bonds. The Balaban J connectivity index is 2.08. The highest BCUT2D eigenvalue weighted by atomic mass is 16.7. The van der Waals surface area contributed by atoms with Gasteiger partial charge in [0.15, 0.2) is 12.6 Å². The monoisotopic (exact) mass is 342 g/mol. The van der Waals surface area contributed by atoms with Crippen LogP contribution in [0.5, 0.6) is 0 Å². The van der Waals surface area contributed by atoms with E-state index in [2.05, 4.69) is 0 Å². The standard InChI is InChI=1S/C12H22O11/c13-1-3-6(16)8(18)10(11(20)21-3)23-12-9(19)7(17)5(15)4(2-14)22-12/h3-20H,1-2H2/t3-,4-,5+,6-,7+,8+,9-,10+,11+,12-/m1/s1. The smallest absolute Gasteiger partial charge is 0.187 e. The molecule has 2 saturated heterocycles. The minimum atomic E-state index is -1.75. The van der Waals surface area contributed by atoms with E-state index in [-0.39, 0.29) is 0 Å². The molecule has 2 aliphatic heterocycles. The first-order valence-electron chi connectivity index (χ1n) is 7.08. The van der Waals surface area contributed by atoms with Gasteiger partial charge in [0.1, 0.15) is 48.8 Å². The number of hydrogen-bond acceptors (Lipinski definition) is 11. The van der Waals surface area contributed by atoms with Crippen LogP contribution in [0.4, 0.5) is 0 Å². The number of aliphatic hydroxyl groups is 8. The Morgan fingerprint density at radius 1 is 0.652 bits per heavy atom. The van der Waals surface area contributed by atoms with Crippen molar-refractivity contribution < 1.29 is 55.1 Å². The van der Waals surface area contributed by atoms with Crippen molar-refractivity contribution in [3.8, 4) is 0 Å². The van der Waals surface area contributed by atoms with Gasteiger partial charge in [-0.25, -0.2) is 0 Å². The SMILES string of the molecule is OC[C@H]1O[C@H](O[C@H]2[C@@H](O)[C@H](O)[C@@H](CO)O[C@@H]2O)[C@H](O)[C@@H](O)[C@H]1O. The molecule has 11 nitrogen and oxygen atoms in total. The molecular weight excluding hydrogens is 320 g/mol. The van der Waals surface area contributed by atoms with E-state index in [1.807, 2.05) is 0 Å². The van der Waals surface area contributed by atoms with Crippen LogP contribution < -0.4 is 0 Å². The second kappa shape index (κ2) is 7.63. The molecule has 23 heavy (non-hydrogen) atoms. The van der Waals surface area contributed by atoms with Gasteiger partial charge >= 0.3 is 0 Å². The molecule has 2 heterocycles. The number of ether oxygens (including phenoxy) is 3. The number of hydrogen-bond donors (Lipinski definition) is 8. The van der Waals surface area contributed by atoms with Crippen LogP contribution in [0.2, 0.25) is 0 Å². The van der Waals surface area contributed by atoms with Crippen molar-refractivity contribution in [3.05, 3.63) is 0 Å². The van der Waals surface area contributed by atoms with E-state index in [1.165, 1.54) is 0 Å². The summed E-state index contributed by atoms with van der Waals surface area (Å²) in [6.45, 7) is -1.33. The molecular formula is C12H22O11. The first-order valence-corrected chi connectivity index (χ1v) is 7.08. The van der Waals surface area contributed by atoms with Crippen molar-refractivity contribution in [2.75, 3.05) is 13.2 Å². The van der Waals surface area contributed by atoms with Crippen molar-refractivity contribution in [3.63, 3.8) is 0 Å². The normalized spacial score (nSPS) is 51.7. The van der Waals surface area contributed by atoms with E-state index >= 15 is 0 Å². The summed E-state index contributed by atoms with van der Waals surface area (Å²) >= 11 is 0. The highest BCUT2D eigenvalue weighted by molar-refractivity contribution is 4.93. The Hall–Kier alpha value is -0.440. The van der Waals surface area contributed by atoms with Gasteiger partial charge in [-0.3, -0.25) is 0 Å². The van der Waals surface area contributed by atoms with Crippen molar-refractivity contribution in [1.82, 2.24) is 0 Å². The van der Waals surface area contributed by atoms with E-state index in [0.29, 0.717) is 0 Å². The summed E-state index contributed by atoms with van der Waals surface area (Å²) < 4.78 is 15.1. The number of rotatable bonds is 4. The van der Waals surface area contributed by atoms with Crippen molar-refractivity contribution in [1.29, 1.82) is 0 Å². The average Bonchev–Trinajstić information content (AvgIpc) is 2.54. The summed E-state index contributed by atoms with van der Waals surface area (Å²) in [5.74, 6) is 0. The van der Waals surface area contributed by atoms with Crippen LogP contribution in [0.15, 0.2) is 0 Å². The summed E-state index contributed by atoms with van der Waals surface area (Å²) in [5, 5.41) is 76.7. The van der Waals surface area contributed by atoms with Crippen molar-refractivity contribution in [2.24, 2.45) is 0 Å². The highest BCUT2D eigenvalue weighted by Crippen LogP contribution is 2.28. The first-order chi connectivity index (χ1) is 10.8. The molecule has 2 fully saturated rings. The highest BCUT2D eigenvalue weighted by Gasteiger charge is 2.50. The van der Waals surface area contributed by atoms with Crippen LogP contribution in [0.25, 0.3) is 0 Å². The lowest BCUT2D eigenvalue weighted by atomic mass is 9.97. The fourth-order valence-electron chi connectivity index (χ4n) is 2.55. The molecule has 0 saturated carbocycles. The zero-order valence-corrected chi connectivity index (χ0v) is 12.0. The van der Waals surface area contributed by atoms with Gasteiger partial charge in [-0.05, 0) is 0 Å². The summed E-state index contributed by atoms with van der Waals surface area (Å²) in [5.41, 5.74) is 0. The molecule has 0 aromatic carbocycles. The molecule has 0 aromatic heterocycles. The molecule has 0 aromatic rings. The minimum absolute atomic E-state index is 0.651. The Labute approximate surface area is 130 Å². The van der Waals surface area contributed by atoms with Crippen LogP contribution in [0.1, 0.15) is 0 Å². The fraction of sp³-hybridized carbons (Fsp3) is 1.00. The summed E-state index contributed by atoms with van der Waals surface area (Å²) in [4.78, 5) is 0. The minimum Gasteiger partial charge on any atom is -0.394 e. The lowest BCUT2D eigenvalue weighted by Gasteiger charge is -2.44. The van der Waals surface area contributed by atoms with E-state index in [4.69, 9.17) is 24.4 Å². The molecule has 2 rings (SSSR count). The third-order valence-corrected chi connectivity index (χ3v) is 3.98. The maximum Gasteiger partial charge on any atom is 0.187 e. The van der Waals surface area contributed by atoms with Gasteiger partial charge in [0.25, 0.3) is 0 Å². The van der Waals surface area contributed by atoms with Gasteiger partial charge in [0.2, 0.25) is 0 Å². The van der Waals surface area contributed by atoms with Gasteiger partial charge < -0.3 is 55.1 Å². The molecule has 11 heteroatoms. The lowest BCUT2D eigenvalue weighted by molar-refractivity contribution is -0.361. The zero-order chi connectivity index (χ0) is 17.3. The maximum absolute atomic E-state index is 9.94. The second-order valence-electron chi connectivity index (χ2n) is 5.53. The molecule has 136 valence electrons. The molecule has 0 radical (unpaired) electrons. The zero-order valence-electron chi connectivity index (χ0n) is 12.0. The van der Waals surface area contributed by atoms with Gasteiger partial charge in [-0.1, -0.05) is 0 Å². The molecule has 0 bridgehead atoms. The number of aliphatic hydroxyl groups excluding tert-OH is 8. The van der Waals surface area contributed by atoms with E-state index in [9.17, 15) is 30.6 Å². The van der Waals surface area contributed by atoms with Crippen LogP contribution in [-0.2, 0) is 14.2 Å². The maximum atomic E-state index is 9.94. The Bertz CT molecular complexity index is 380. The van der Waals surface area contributed by atoms with Crippen LogP contribution in [0.3, 0.4) is 0 Å². The third kappa shape index (κ3) is 3.65. The van der Waals surface area contributed by atoms with Gasteiger partial charge in [0.05, 0.1) is 13.2 Å². The largest absolute Gasteiger partial charge is 0.394 e. The van der Waals surface area contributed by atoms with E-state index in [1.54, 1.807) is 0 Å². The van der Waals surface area contributed by atoms with Gasteiger partial charge in [-0.15, -0.1) is 0 Å².